The van der Waals surface area contributed by atoms with Gasteiger partial charge in [0.25, 0.3) is 5.97 Å². The summed E-state index contributed by atoms with van der Waals surface area (Å²) in [4.78, 5) is 29.2. The van der Waals surface area contributed by atoms with E-state index >= 15 is 0 Å². The smallest absolute Gasteiger partial charge is 0.328 e. The molecule has 0 spiro atoms. The minimum Gasteiger partial charge on any atom is -0.481 e. The molecule has 0 saturated heterocycles. The molecule has 37 heavy (non-hydrogen) atoms. The Morgan fingerprint density at radius 2 is 0.973 bits per heavy atom. The topological polar surface area (TPSA) is 91.7 Å². The predicted molar refractivity (Wildman–Crippen MR) is 158 cm³/mol. The molecule has 0 aliphatic heterocycles. The molecule has 0 aromatic carbocycles. The Balaban J connectivity index is -0.000000551. The minimum atomic E-state index is -0.886. The second kappa shape index (κ2) is 38.4. The van der Waals surface area contributed by atoms with Gasteiger partial charge in [-0.25, -0.2) is 4.79 Å². The van der Waals surface area contributed by atoms with Gasteiger partial charge in [0.2, 0.25) is 0 Å². The van der Waals surface area contributed by atoms with Crippen LogP contribution in [0.1, 0.15) is 149 Å². The molecule has 0 atom stereocenters. The maximum Gasteiger partial charge on any atom is 0.328 e. The van der Waals surface area contributed by atoms with Gasteiger partial charge in [-0.05, 0) is 38.5 Å². The number of allylic oxidation sites excluding steroid dienone is 5. The summed E-state index contributed by atoms with van der Waals surface area (Å²) >= 11 is 0. The first-order valence-corrected chi connectivity index (χ1v) is 14.8. The number of aldehydes is 1. The quantitative estimate of drug-likeness (QED) is 0.0458. The highest BCUT2D eigenvalue weighted by atomic mass is 16.4. The Kier molecular flexibility index (Phi) is 40.8. The second-order valence-corrected chi connectivity index (χ2v) is 9.36. The van der Waals surface area contributed by atoms with E-state index in [2.05, 4.69) is 26.0 Å². The van der Waals surface area contributed by atoms with Gasteiger partial charge in [-0.15, -0.1) is 0 Å². The van der Waals surface area contributed by atoms with Gasteiger partial charge in [0.05, 0.1) is 0 Å². The molecule has 216 valence electrons. The molecule has 0 bridgehead atoms. The molecule has 0 fully saturated rings. The van der Waals surface area contributed by atoms with Crippen LogP contribution in [-0.2, 0) is 14.4 Å². The van der Waals surface area contributed by atoms with Gasteiger partial charge in [0, 0.05) is 19.4 Å². The van der Waals surface area contributed by atoms with Crippen molar-refractivity contribution in [2.45, 2.75) is 149 Å². The van der Waals surface area contributed by atoms with E-state index < -0.39 is 11.9 Å². The lowest BCUT2D eigenvalue weighted by Gasteiger charge is -2.00. The van der Waals surface area contributed by atoms with E-state index in [1.54, 1.807) is 6.08 Å². The summed E-state index contributed by atoms with van der Waals surface area (Å²) in [6.45, 7) is 5.51. The van der Waals surface area contributed by atoms with E-state index in [4.69, 9.17) is 15.0 Å². The molecule has 0 aromatic rings. The average molecular weight is 523 g/mol. The van der Waals surface area contributed by atoms with Crippen molar-refractivity contribution >= 4 is 18.2 Å². The molecule has 0 rings (SSSR count). The summed E-state index contributed by atoms with van der Waals surface area (Å²) in [5.41, 5.74) is 0. The molecular weight excluding hydrogens is 464 g/mol. The lowest BCUT2D eigenvalue weighted by atomic mass is 10.1. The number of hydrogen-bond donors (Lipinski definition) is 2. The summed E-state index contributed by atoms with van der Waals surface area (Å²) in [6, 6.07) is 0. The van der Waals surface area contributed by atoms with Crippen molar-refractivity contribution < 1.29 is 24.6 Å². The van der Waals surface area contributed by atoms with Gasteiger partial charge < -0.3 is 15.0 Å². The Hall–Kier alpha value is -2.17. The van der Waals surface area contributed by atoms with Crippen molar-refractivity contribution in [2.75, 3.05) is 0 Å². The zero-order chi connectivity index (χ0) is 28.2. The molecule has 0 aromatic heterocycles. The Bertz CT molecular complexity index is 560. The summed E-state index contributed by atoms with van der Waals surface area (Å²) < 4.78 is 0. The van der Waals surface area contributed by atoms with Crippen LogP contribution < -0.4 is 0 Å². The number of carboxylic acid groups (broad SMARTS) is 2. The fraction of sp³-hybridized carbons (Fsp3) is 0.719. The van der Waals surface area contributed by atoms with Crippen LogP contribution in [0.25, 0.3) is 0 Å². The zero-order valence-corrected chi connectivity index (χ0v) is 24.3. The first-order valence-electron chi connectivity index (χ1n) is 14.8. The maximum absolute atomic E-state index is 10.2. The number of carbonyl (C=O) groups excluding carboxylic acids is 1. The van der Waals surface area contributed by atoms with Crippen LogP contribution in [0.5, 0.6) is 0 Å². The Morgan fingerprint density at radius 3 is 1.38 bits per heavy atom. The average Bonchev–Trinajstić information content (AvgIpc) is 2.85. The Morgan fingerprint density at radius 1 is 0.568 bits per heavy atom. The standard InChI is InChI=1S/C16H28O2.C14H26O.C2H4O2/c1-2-3-4-5-6-7-8-9-10-11-12-13-14-15-16(17)18;1-2-3-4-5-6-7-8-9-10-11-12-13-14-15;1-2(3)4/h12-15H,2-11H2,1H3,(H,17,18);3-4,14H,2,5-13H2,1H3;1H3,(H,3,4)/b;4-3-;. The van der Waals surface area contributed by atoms with Gasteiger partial charge in [-0.1, -0.05) is 128 Å². The lowest BCUT2D eigenvalue weighted by Crippen LogP contribution is -1.84. The number of carbonyl (C=O) groups is 3. The molecule has 0 radical (unpaired) electrons. The highest BCUT2D eigenvalue weighted by Crippen LogP contribution is 2.11. The largest absolute Gasteiger partial charge is 0.481 e. The van der Waals surface area contributed by atoms with E-state index in [9.17, 15) is 9.59 Å². The van der Waals surface area contributed by atoms with Gasteiger partial charge >= 0.3 is 5.97 Å². The highest BCUT2D eigenvalue weighted by Gasteiger charge is 1.92. The number of aliphatic carboxylic acids is 2. The fourth-order valence-corrected chi connectivity index (χ4v) is 3.54. The number of hydrogen-bond acceptors (Lipinski definition) is 3. The van der Waals surface area contributed by atoms with E-state index in [0.29, 0.717) is 0 Å². The normalized spacial score (nSPS) is 10.8. The van der Waals surface area contributed by atoms with Crippen LogP contribution in [0.3, 0.4) is 0 Å². The van der Waals surface area contributed by atoms with Crippen LogP contribution in [0.4, 0.5) is 0 Å². The van der Waals surface area contributed by atoms with Crippen LogP contribution in [0, 0.1) is 0 Å². The summed E-state index contributed by atoms with van der Waals surface area (Å²) in [5.74, 6) is -1.72. The molecule has 0 unspecified atom stereocenters. The van der Waals surface area contributed by atoms with E-state index in [1.807, 2.05) is 12.2 Å². The Labute approximate surface area is 228 Å². The first-order chi connectivity index (χ1) is 17.9. The van der Waals surface area contributed by atoms with Crippen molar-refractivity contribution in [1.29, 1.82) is 0 Å². The minimum absolute atomic E-state index is 0.752. The molecular formula is C32H58O5. The lowest BCUT2D eigenvalue weighted by molar-refractivity contribution is -0.134. The van der Waals surface area contributed by atoms with E-state index in [-0.39, 0.29) is 0 Å². The van der Waals surface area contributed by atoms with Crippen LogP contribution in [0.15, 0.2) is 36.5 Å². The van der Waals surface area contributed by atoms with Crippen LogP contribution in [0.2, 0.25) is 0 Å². The van der Waals surface area contributed by atoms with Gasteiger partial charge in [0.15, 0.2) is 0 Å². The summed E-state index contributed by atoms with van der Waals surface area (Å²) in [5, 5.41) is 15.8. The molecule has 0 aliphatic carbocycles. The van der Waals surface area contributed by atoms with Gasteiger partial charge in [-0.3, -0.25) is 4.79 Å². The van der Waals surface area contributed by atoms with Crippen molar-refractivity contribution in [1.82, 2.24) is 0 Å². The molecule has 0 aliphatic rings. The predicted octanol–water partition coefficient (Wildman–Crippen LogP) is 9.86. The third-order valence-corrected chi connectivity index (χ3v) is 5.56. The van der Waals surface area contributed by atoms with E-state index in [0.717, 1.165) is 45.0 Å². The molecule has 2 N–H and O–H groups in total. The van der Waals surface area contributed by atoms with Gasteiger partial charge in [-0.2, -0.15) is 0 Å². The zero-order valence-electron chi connectivity index (χ0n) is 24.3. The van der Waals surface area contributed by atoms with Gasteiger partial charge in [0.1, 0.15) is 6.29 Å². The van der Waals surface area contributed by atoms with E-state index in [1.165, 1.54) is 103 Å². The summed E-state index contributed by atoms with van der Waals surface area (Å²) in [6.07, 6.45) is 37.5. The SMILES string of the molecule is CC(=O)O.CC/C=C\CCCCCCCCCC=O.CCCCCCCCCCCC=CC=CC(=O)O. The van der Waals surface area contributed by atoms with Crippen molar-refractivity contribution in [2.24, 2.45) is 0 Å². The maximum atomic E-state index is 10.2. The fourth-order valence-electron chi connectivity index (χ4n) is 3.54. The third kappa shape index (κ3) is 55.6. The molecule has 0 heterocycles. The van der Waals surface area contributed by atoms with Crippen LogP contribution >= 0.6 is 0 Å². The summed E-state index contributed by atoms with van der Waals surface area (Å²) in [7, 11) is 0. The second-order valence-electron chi connectivity index (χ2n) is 9.36. The van der Waals surface area contributed by atoms with Crippen molar-refractivity contribution in [3.05, 3.63) is 36.5 Å². The number of unbranched alkanes of at least 4 members (excludes halogenated alkanes) is 17. The number of rotatable bonds is 23. The number of carboxylic acids is 2. The molecule has 5 nitrogen and oxygen atoms in total. The van der Waals surface area contributed by atoms with Crippen LogP contribution in [-0.4, -0.2) is 28.4 Å². The highest BCUT2D eigenvalue weighted by molar-refractivity contribution is 5.80. The monoisotopic (exact) mass is 522 g/mol. The molecule has 0 saturated carbocycles. The molecule has 5 heteroatoms. The third-order valence-electron chi connectivity index (χ3n) is 5.56. The van der Waals surface area contributed by atoms with Crippen molar-refractivity contribution in [3.63, 3.8) is 0 Å². The first kappa shape index (κ1) is 39.3. The van der Waals surface area contributed by atoms with Crippen molar-refractivity contribution in [3.8, 4) is 0 Å². The molecule has 0 amide bonds.